The third-order valence-corrected chi connectivity index (χ3v) is 2.35. The average Bonchev–Trinajstić information content (AvgIpc) is 3.13. The van der Waals surface area contributed by atoms with Crippen LogP contribution in [0, 0.1) is 0 Å². The summed E-state index contributed by atoms with van der Waals surface area (Å²) in [5, 5.41) is 0. The van der Waals surface area contributed by atoms with Crippen LogP contribution >= 0.6 is 0 Å². The molecule has 4 heteroatoms. The first-order valence-electron chi connectivity index (χ1n) is 5.16. The summed E-state index contributed by atoms with van der Waals surface area (Å²) in [5.74, 6) is -0.321. The van der Waals surface area contributed by atoms with Gasteiger partial charge in [0.1, 0.15) is 6.10 Å². The number of benzene rings is 1. The molecule has 1 fully saturated rings. The molecule has 4 nitrogen and oxygen atoms in total. The van der Waals surface area contributed by atoms with Crippen LogP contribution in [-0.2, 0) is 20.8 Å². The quantitative estimate of drug-likeness (QED) is 0.558. The lowest BCUT2D eigenvalue weighted by molar-refractivity contribution is 0.0600. The molecular weight excluding hydrogens is 208 g/mol. The van der Waals surface area contributed by atoms with Gasteiger partial charge in [-0.3, -0.25) is 0 Å². The lowest BCUT2D eigenvalue weighted by Crippen LogP contribution is -2.03. The highest BCUT2D eigenvalue weighted by atomic mass is 16.6. The molecule has 1 heterocycles. The maximum atomic E-state index is 11.2. The Bertz CT molecular complexity index is 354. The number of ether oxygens (including phenoxy) is 3. The van der Waals surface area contributed by atoms with Gasteiger partial charge in [0.25, 0.3) is 0 Å². The van der Waals surface area contributed by atoms with Crippen LogP contribution in [0.4, 0.5) is 0 Å². The molecule has 0 aliphatic carbocycles. The summed E-state index contributed by atoms with van der Waals surface area (Å²) >= 11 is 0. The van der Waals surface area contributed by atoms with Crippen LogP contribution < -0.4 is 0 Å². The molecule has 1 aromatic rings. The summed E-state index contributed by atoms with van der Waals surface area (Å²) in [6, 6.07) is 7.19. The van der Waals surface area contributed by atoms with Crippen LogP contribution in [0.2, 0.25) is 0 Å². The summed E-state index contributed by atoms with van der Waals surface area (Å²) in [5.41, 5.74) is 1.59. The maximum Gasteiger partial charge on any atom is 0.337 e. The third-order valence-electron chi connectivity index (χ3n) is 2.35. The van der Waals surface area contributed by atoms with Gasteiger partial charge in [-0.1, -0.05) is 12.1 Å². The predicted octanol–water partition coefficient (Wildman–Crippen LogP) is 1.39. The number of methoxy groups -OCH3 is 1. The van der Waals surface area contributed by atoms with Crippen molar-refractivity contribution >= 4 is 5.97 Å². The van der Waals surface area contributed by atoms with Gasteiger partial charge < -0.3 is 14.2 Å². The van der Waals surface area contributed by atoms with Crippen molar-refractivity contribution in [2.24, 2.45) is 0 Å². The molecular formula is C12H14O4. The Morgan fingerprint density at radius 2 is 2.12 bits per heavy atom. The van der Waals surface area contributed by atoms with Crippen molar-refractivity contribution in [3.63, 3.8) is 0 Å². The van der Waals surface area contributed by atoms with Gasteiger partial charge in [0.05, 0.1) is 32.5 Å². The van der Waals surface area contributed by atoms with Crippen molar-refractivity contribution in [2.75, 3.05) is 20.3 Å². The zero-order valence-corrected chi connectivity index (χ0v) is 9.14. The third kappa shape index (κ3) is 3.05. The molecule has 0 spiro atoms. The first kappa shape index (κ1) is 11.1. The van der Waals surface area contributed by atoms with Gasteiger partial charge in [-0.2, -0.15) is 0 Å². The van der Waals surface area contributed by atoms with E-state index in [0.717, 1.165) is 12.2 Å². The van der Waals surface area contributed by atoms with Gasteiger partial charge in [-0.25, -0.2) is 4.79 Å². The van der Waals surface area contributed by atoms with E-state index in [1.807, 2.05) is 12.1 Å². The molecule has 1 aliphatic heterocycles. The van der Waals surface area contributed by atoms with Gasteiger partial charge >= 0.3 is 5.97 Å². The van der Waals surface area contributed by atoms with Crippen molar-refractivity contribution in [2.45, 2.75) is 12.7 Å². The summed E-state index contributed by atoms with van der Waals surface area (Å²) < 4.78 is 15.1. The van der Waals surface area contributed by atoms with Crippen LogP contribution in [0.3, 0.4) is 0 Å². The Hall–Kier alpha value is -1.39. The van der Waals surface area contributed by atoms with Gasteiger partial charge in [0.15, 0.2) is 0 Å². The molecule has 2 rings (SSSR count). The highest BCUT2D eigenvalue weighted by Gasteiger charge is 2.22. The number of rotatable bonds is 5. The smallest absolute Gasteiger partial charge is 0.337 e. The van der Waals surface area contributed by atoms with Gasteiger partial charge in [0.2, 0.25) is 0 Å². The zero-order valence-electron chi connectivity index (χ0n) is 9.14. The highest BCUT2D eigenvalue weighted by Crippen LogP contribution is 2.11. The van der Waals surface area contributed by atoms with E-state index >= 15 is 0 Å². The molecule has 1 atom stereocenters. The summed E-state index contributed by atoms with van der Waals surface area (Å²) in [7, 11) is 1.37. The highest BCUT2D eigenvalue weighted by molar-refractivity contribution is 5.89. The fourth-order valence-electron chi connectivity index (χ4n) is 1.33. The fourth-order valence-corrected chi connectivity index (χ4v) is 1.33. The van der Waals surface area contributed by atoms with Crippen LogP contribution in [0.25, 0.3) is 0 Å². The number of hydrogen-bond donors (Lipinski definition) is 0. The minimum Gasteiger partial charge on any atom is -0.465 e. The summed E-state index contributed by atoms with van der Waals surface area (Å²) in [4.78, 5) is 11.2. The molecule has 0 N–H and O–H groups in total. The van der Waals surface area contributed by atoms with Crippen LogP contribution in [0.1, 0.15) is 15.9 Å². The summed E-state index contributed by atoms with van der Waals surface area (Å²) in [6.07, 6.45) is 0.286. The van der Waals surface area contributed by atoms with Gasteiger partial charge in [-0.15, -0.1) is 0 Å². The summed E-state index contributed by atoms with van der Waals surface area (Å²) in [6.45, 7) is 1.99. The molecule has 86 valence electrons. The molecule has 16 heavy (non-hydrogen) atoms. The molecule has 0 unspecified atom stereocenters. The minimum absolute atomic E-state index is 0.286. The van der Waals surface area contributed by atoms with Crippen molar-refractivity contribution in [1.29, 1.82) is 0 Å². The van der Waals surface area contributed by atoms with Crippen molar-refractivity contribution in [1.82, 2.24) is 0 Å². The topological polar surface area (TPSA) is 48.1 Å². The normalized spacial score (nSPS) is 18.2. The van der Waals surface area contributed by atoms with E-state index in [2.05, 4.69) is 4.74 Å². The van der Waals surface area contributed by atoms with Crippen LogP contribution in [0.5, 0.6) is 0 Å². The lowest BCUT2D eigenvalue weighted by atomic mass is 10.1. The van der Waals surface area contributed by atoms with Crippen LogP contribution in [-0.4, -0.2) is 32.4 Å². The number of epoxide rings is 1. The van der Waals surface area contributed by atoms with Crippen molar-refractivity contribution in [3.05, 3.63) is 35.4 Å². The first-order chi connectivity index (χ1) is 7.79. The molecule has 0 bridgehead atoms. The number of esters is 1. The van der Waals surface area contributed by atoms with Crippen LogP contribution in [0.15, 0.2) is 24.3 Å². The van der Waals surface area contributed by atoms with E-state index in [1.165, 1.54) is 7.11 Å². The van der Waals surface area contributed by atoms with Gasteiger partial charge in [0, 0.05) is 0 Å². The molecule has 0 radical (unpaired) electrons. The molecule has 0 aromatic heterocycles. The van der Waals surface area contributed by atoms with E-state index in [0.29, 0.717) is 18.8 Å². The largest absolute Gasteiger partial charge is 0.465 e. The number of hydrogen-bond acceptors (Lipinski definition) is 4. The Morgan fingerprint density at radius 3 is 2.69 bits per heavy atom. The molecule has 0 saturated carbocycles. The molecule has 1 aliphatic rings. The predicted molar refractivity (Wildman–Crippen MR) is 57.2 cm³/mol. The molecule has 1 aromatic carbocycles. The van der Waals surface area contributed by atoms with Crippen molar-refractivity contribution < 1.29 is 19.0 Å². The Labute approximate surface area is 94.1 Å². The van der Waals surface area contributed by atoms with Crippen molar-refractivity contribution in [3.8, 4) is 0 Å². The molecule has 0 amide bonds. The van der Waals surface area contributed by atoms with E-state index < -0.39 is 0 Å². The number of carbonyl (C=O) groups is 1. The number of carbonyl (C=O) groups excluding carboxylic acids is 1. The Balaban J connectivity index is 1.83. The van der Waals surface area contributed by atoms with E-state index in [4.69, 9.17) is 9.47 Å². The van der Waals surface area contributed by atoms with E-state index in [-0.39, 0.29) is 12.1 Å². The fraction of sp³-hybridized carbons (Fsp3) is 0.417. The average molecular weight is 222 g/mol. The molecule has 1 saturated heterocycles. The Kier molecular flexibility index (Phi) is 3.54. The van der Waals surface area contributed by atoms with Gasteiger partial charge in [-0.05, 0) is 17.7 Å². The first-order valence-corrected chi connectivity index (χ1v) is 5.16. The Morgan fingerprint density at radius 1 is 1.44 bits per heavy atom. The van der Waals surface area contributed by atoms with E-state index in [1.54, 1.807) is 12.1 Å². The standard InChI is InChI=1S/C12H14O4/c1-14-12(13)10-4-2-9(3-5-10)6-15-7-11-8-16-11/h2-5,11H,6-8H2,1H3/t11-/m0/s1. The second-order valence-corrected chi connectivity index (χ2v) is 3.66. The second-order valence-electron chi connectivity index (χ2n) is 3.66. The zero-order chi connectivity index (χ0) is 11.4. The lowest BCUT2D eigenvalue weighted by Gasteiger charge is -2.03. The SMILES string of the molecule is COC(=O)c1ccc(COC[C@H]2CO2)cc1. The maximum absolute atomic E-state index is 11.2. The second kappa shape index (κ2) is 5.09. The monoisotopic (exact) mass is 222 g/mol. The van der Waals surface area contributed by atoms with E-state index in [9.17, 15) is 4.79 Å². The minimum atomic E-state index is -0.321.